The monoisotopic (exact) mass is 715 g/mol. The van der Waals surface area contributed by atoms with Gasteiger partial charge in [-0.15, -0.1) is 11.3 Å². The number of allylic oxidation sites excluding steroid dienone is 3. The molecule has 1 spiro atoms. The second-order valence-electron chi connectivity index (χ2n) is 11.7. The number of ether oxygens (including phenoxy) is 2. The number of rotatable bonds is 5. The van der Waals surface area contributed by atoms with Gasteiger partial charge < -0.3 is 25.2 Å². The highest BCUT2D eigenvalue weighted by molar-refractivity contribution is 8.76. The number of aliphatic hydroxyl groups is 1. The first kappa shape index (κ1) is 36.9. The van der Waals surface area contributed by atoms with E-state index in [1.54, 1.807) is 55.6 Å². The molecule has 2 aliphatic heterocycles. The molecule has 0 saturated carbocycles. The van der Waals surface area contributed by atoms with Gasteiger partial charge in [0.15, 0.2) is 11.9 Å². The molecule has 1 fully saturated rings. The number of esters is 1. The summed E-state index contributed by atoms with van der Waals surface area (Å²) in [5.41, 5.74) is -0.256. The number of alkyl carbamates (subject to hydrolysis) is 1. The fourth-order valence-electron chi connectivity index (χ4n) is 4.96. The molecule has 4 rings (SSSR count). The van der Waals surface area contributed by atoms with Gasteiger partial charge in [0, 0.05) is 22.6 Å². The van der Waals surface area contributed by atoms with Gasteiger partial charge in [-0.05, 0) is 64.3 Å². The van der Waals surface area contributed by atoms with Crippen molar-refractivity contribution in [2.75, 3.05) is 0 Å². The summed E-state index contributed by atoms with van der Waals surface area (Å²) in [5.74, 6) is -2.01. The Morgan fingerprint density at radius 1 is 1.19 bits per heavy atom. The van der Waals surface area contributed by atoms with E-state index in [1.807, 2.05) is 6.07 Å². The Bertz CT molecular complexity index is 1670. The third-order valence-electron chi connectivity index (χ3n) is 7.91. The molecular weight excluding hydrogens is 679 g/mol. The maximum Gasteiger partial charge on any atom is 0.408 e. The summed E-state index contributed by atoms with van der Waals surface area (Å²) >= 11 is 1.31. The Kier molecular flexibility index (Phi) is 12.3. The van der Waals surface area contributed by atoms with E-state index in [1.165, 1.54) is 43.4 Å². The zero-order chi connectivity index (χ0) is 35.1. The van der Waals surface area contributed by atoms with Crippen molar-refractivity contribution in [2.24, 2.45) is 0 Å². The summed E-state index contributed by atoms with van der Waals surface area (Å²) in [6, 6.07) is 7.30. The number of fused-ring (bicyclic) bond motifs is 2. The third-order valence-corrected chi connectivity index (χ3v) is 12.9. The van der Waals surface area contributed by atoms with Crippen molar-refractivity contribution in [1.29, 1.82) is 0 Å². The maximum atomic E-state index is 13.4. The van der Waals surface area contributed by atoms with Crippen LogP contribution in [-0.4, -0.2) is 65.7 Å². The van der Waals surface area contributed by atoms with Gasteiger partial charge in [0.25, 0.3) is 0 Å². The van der Waals surface area contributed by atoms with Crippen LogP contribution in [-0.2, 0) is 45.1 Å². The van der Waals surface area contributed by atoms with Crippen molar-refractivity contribution in [3.8, 4) is 0 Å². The van der Waals surface area contributed by atoms with Gasteiger partial charge in [-0.25, -0.2) is 18.8 Å². The standard InChI is InChI=1S/C33H37N3O9S3/c1-20-14-15-33(32(4,42)30(40)47-48(33)43)17-27(38)34-21(2)28-36-24(19-46-28)12-8-9-13-25(37)26(16-20)45-29(39)22(3)35-31(41)44-18-23-10-6-5-7-11-23/h5-13,16,19,21-22,26,42H,14-15,17-18H2,1-4H3,(H,34,38)(H,35,41)/b12-8-,13-9+,20-16+/t21-,22+,26-,32+,33-,48?/m1/s1. The number of nitrogens with zero attached hydrogens (tertiary/aromatic N) is 1. The number of hydrogen-bond acceptors (Lipinski definition) is 12. The number of benzene rings is 1. The van der Waals surface area contributed by atoms with E-state index in [-0.39, 0.29) is 19.4 Å². The van der Waals surface area contributed by atoms with E-state index >= 15 is 0 Å². The molecule has 2 amide bonds. The fraction of sp³-hybridized carbons (Fsp3) is 0.394. The normalized spacial score (nSPS) is 29.8. The molecule has 1 unspecified atom stereocenters. The van der Waals surface area contributed by atoms with Crippen molar-refractivity contribution < 1.29 is 42.8 Å². The smallest absolute Gasteiger partial charge is 0.408 e. The molecule has 1 aromatic carbocycles. The topological polar surface area (TPSA) is 178 Å². The highest BCUT2D eigenvalue weighted by Gasteiger charge is 2.63. The Morgan fingerprint density at radius 2 is 1.90 bits per heavy atom. The van der Waals surface area contributed by atoms with Crippen LogP contribution in [0.1, 0.15) is 69.3 Å². The van der Waals surface area contributed by atoms with Gasteiger partial charge in [0.2, 0.25) is 11.0 Å². The summed E-state index contributed by atoms with van der Waals surface area (Å²) < 4.78 is 22.4. The fourth-order valence-corrected chi connectivity index (χ4v) is 9.70. The van der Waals surface area contributed by atoms with Gasteiger partial charge in [0.1, 0.15) is 28.0 Å². The van der Waals surface area contributed by atoms with E-state index < -0.39 is 73.7 Å². The van der Waals surface area contributed by atoms with E-state index in [0.29, 0.717) is 27.1 Å². The molecule has 6 atom stereocenters. The minimum atomic E-state index is -2.09. The molecule has 2 bridgehead atoms. The predicted octanol–water partition coefficient (Wildman–Crippen LogP) is 4.24. The molecule has 12 nitrogen and oxygen atoms in total. The van der Waals surface area contributed by atoms with Crippen molar-refractivity contribution in [3.05, 3.63) is 81.9 Å². The summed E-state index contributed by atoms with van der Waals surface area (Å²) in [6.45, 7) is 6.02. The first-order chi connectivity index (χ1) is 22.7. The summed E-state index contributed by atoms with van der Waals surface area (Å²) in [5, 5.41) is 18.2. The first-order valence-electron chi connectivity index (χ1n) is 15.1. The van der Waals surface area contributed by atoms with Gasteiger partial charge in [0.05, 0.1) is 21.6 Å². The number of carbonyl (C=O) groups is 5. The summed E-state index contributed by atoms with van der Waals surface area (Å²) in [4.78, 5) is 69.1. The van der Waals surface area contributed by atoms with Gasteiger partial charge >= 0.3 is 12.1 Å². The van der Waals surface area contributed by atoms with Crippen LogP contribution >= 0.6 is 22.1 Å². The van der Waals surface area contributed by atoms with Crippen LogP contribution in [0.2, 0.25) is 0 Å². The van der Waals surface area contributed by atoms with Crippen LogP contribution in [0.15, 0.2) is 65.6 Å². The molecule has 15 heteroatoms. The van der Waals surface area contributed by atoms with Crippen LogP contribution in [0, 0.1) is 0 Å². The van der Waals surface area contributed by atoms with Gasteiger partial charge in [-0.3, -0.25) is 14.4 Å². The lowest BCUT2D eigenvalue weighted by atomic mass is 9.81. The third kappa shape index (κ3) is 8.95. The lowest BCUT2D eigenvalue weighted by molar-refractivity contribution is -0.152. The van der Waals surface area contributed by atoms with E-state index in [0.717, 1.165) is 5.56 Å². The number of hydrogen-bond donors (Lipinski definition) is 3. The number of nitrogens with one attached hydrogen (secondary N) is 2. The van der Waals surface area contributed by atoms with Gasteiger partial charge in [-0.1, -0.05) is 48.1 Å². The number of amides is 2. The summed E-state index contributed by atoms with van der Waals surface area (Å²) in [6.07, 6.45) is 4.72. The molecular formula is C33H37N3O9S3. The second-order valence-corrected chi connectivity index (χ2v) is 15.8. The van der Waals surface area contributed by atoms with Gasteiger partial charge in [-0.2, -0.15) is 0 Å². The number of thiazole rings is 1. The van der Waals surface area contributed by atoms with E-state index in [4.69, 9.17) is 9.47 Å². The zero-order valence-corrected chi connectivity index (χ0v) is 29.2. The Labute approximate surface area is 288 Å². The molecule has 48 heavy (non-hydrogen) atoms. The minimum absolute atomic E-state index is 0.0119. The molecule has 0 aliphatic carbocycles. The van der Waals surface area contributed by atoms with E-state index in [2.05, 4.69) is 15.6 Å². The molecule has 1 aromatic heterocycles. The largest absolute Gasteiger partial charge is 0.448 e. The number of ketones is 1. The quantitative estimate of drug-likeness (QED) is 0.229. The minimum Gasteiger partial charge on any atom is -0.448 e. The van der Waals surface area contributed by atoms with Crippen LogP contribution in [0.5, 0.6) is 0 Å². The van der Waals surface area contributed by atoms with Crippen LogP contribution in [0.25, 0.3) is 6.08 Å². The second kappa shape index (κ2) is 16.0. The molecule has 0 radical (unpaired) electrons. The molecule has 256 valence electrons. The van der Waals surface area contributed by atoms with Crippen LogP contribution in [0.4, 0.5) is 4.79 Å². The first-order valence-corrected chi connectivity index (χ1v) is 18.4. The molecule has 2 aliphatic rings. The van der Waals surface area contributed by atoms with E-state index in [9.17, 15) is 33.3 Å². The number of carbonyl (C=O) groups excluding carboxylic acids is 5. The van der Waals surface area contributed by atoms with Crippen molar-refractivity contribution in [3.63, 3.8) is 0 Å². The zero-order valence-electron chi connectivity index (χ0n) is 26.8. The lowest BCUT2D eigenvalue weighted by Gasteiger charge is -2.36. The lowest BCUT2D eigenvalue weighted by Crippen LogP contribution is -2.55. The Morgan fingerprint density at radius 3 is 2.58 bits per heavy atom. The van der Waals surface area contributed by atoms with Crippen LogP contribution < -0.4 is 10.6 Å². The van der Waals surface area contributed by atoms with Crippen molar-refractivity contribution >= 4 is 66.9 Å². The average molecular weight is 716 g/mol. The Balaban J connectivity index is 1.58. The predicted molar refractivity (Wildman–Crippen MR) is 183 cm³/mol. The van der Waals surface area contributed by atoms with Crippen LogP contribution in [0.3, 0.4) is 0 Å². The SMILES string of the molecule is C/C1=C\[C@@H](OC(=O)[C@H](C)NC(=O)OCc2ccccc2)C(=O)/C=C/C=C\c2csc(n2)[C@@H](C)NC(=O)C[C@@]2(CC1)S(=O)SC(=O)[C@]2(C)O. The highest BCUT2D eigenvalue weighted by Crippen LogP contribution is 2.50. The van der Waals surface area contributed by atoms with Crippen molar-refractivity contribution in [2.45, 2.75) is 82.1 Å². The Hall–Kier alpha value is -3.92. The highest BCUT2D eigenvalue weighted by atomic mass is 33.1. The van der Waals surface area contributed by atoms with Crippen molar-refractivity contribution in [1.82, 2.24) is 15.6 Å². The molecule has 3 heterocycles. The molecule has 1 saturated heterocycles. The summed E-state index contributed by atoms with van der Waals surface area (Å²) in [7, 11) is -1.48. The average Bonchev–Trinajstić information content (AvgIpc) is 3.58. The number of aromatic nitrogens is 1. The maximum absolute atomic E-state index is 13.4. The molecule has 3 N–H and O–H groups in total. The molecule has 2 aromatic rings.